The van der Waals surface area contributed by atoms with Gasteiger partial charge in [0.15, 0.2) is 25.5 Å². The number of phosphoric ester groups is 1. The minimum Gasteiger partial charge on any atom is -0.388 e. The highest BCUT2D eigenvalue weighted by Gasteiger charge is 2.37. The predicted octanol–water partition coefficient (Wildman–Crippen LogP) is 12.0. The maximum absolute atomic E-state index is 13.9. The monoisotopic (exact) mass is 1080 g/mol. The van der Waals surface area contributed by atoms with E-state index in [1.165, 1.54) is 12.1 Å². The van der Waals surface area contributed by atoms with Crippen LogP contribution in [-0.2, 0) is 44.2 Å². The molecule has 1 aliphatic rings. The van der Waals surface area contributed by atoms with Crippen LogP contribution in [0.3, 0.4) is 0 Å². The lowest BCUT2D eigenvalue weighted by Crippen LogP contribution is -2.35. The molecule has 5 aromatic carbocycles. The Morgan fingerprint density at radius 1 is 0.833 bits per heavy atom. The average Bonchev–Trinajstić information content (AvgIpc) is 3.31. The van der Waals surface area contributed by atoms with E-state index in [-0.39, 0.29) is 33.8 Å². The number of sulfone groups is 2. The molecular weight excluding hydrogens is 1010 g/mol. The van der Waals surface area contributed by atoms with Crippen LogP contribution in [0.1, 0.15) is 88.4 Å². The number of carbonyl (C=O) groups excluding carboxylic acids is 1. The van der Waals surface area contributed by atoms with E-state index in [1.807, 2.05) is 103 Å². The fraction of sp³-hybridized carbons (Fsp3) is 0.436. The third-order valence-corrected chi connectivity index (χ3v) is 18.6. The molecule has 1 aliphatic heterocycles. The van der Waals surface area contributed by atoms with Gasteiger partial charge in [0, 0.05) is 52.8 Å². The van der Waals surface area contributed by atoms with Crippen molar-refractivity contribution in [3.8, 4) is 11.1 Å². The minimum absolute atomic E-state index is 0.0353. The topological polar surface area (TPSA) is 157 Å². The molecule has 0 saturated carbocycles. The largest absolute Gasteiger partial charge is 0.475 e. The first-order valence-electron chi connectivity index (χ1n) is 24.3. The van der Waals surface area contributed by atoms with Crippen LogP contribution in [0, 0.1) is 11.8 Å². The molecule has 1 N–H and O–H groups in total. The molecular formula is C55H70ClN2O10PS3. The van der Waals surface area contributed by atoms with Gasteiger partial charge in [-0.2, -0.15) is 0 Å². The summed E-state index contributed by atoms with van der Waals surface area (Å²) in [7, 11) is -10.1. The van der Waals surface area contributed by atoms with Crippen LogP contribution >= 0.6 is 31.2 Å². The van der Waals surface area contributed by atoms with E-state index in [9.17, 15) is 31.3 Å². The second kappa shape index (κ2) is 24.7. The molecule has 72 heavy (non-hydrogen) atoms. The maximum Gasteiger partial charge on any atom is 0.475 e. The number of Topliss-reactive ketones (excluding diaryl/α,β-unsaturated/α-hetero) is 1. The van der Waals surface area contributed by atoms with Crippen molar-refractivity contribution in [2.45, 2.75) is 99.2 Å². The molecule has 6 rings (SSSR count). The van der Waals surface area contributed by atoms with E-state index >= 15 is 0 Å². The number of hydrogen-bond acceptors (Lipinski definition) is 13. The Balaban J connectivity index is 1.08. The summed E-state index contributed by atoms with van der Waals surface area (Å²) in [4.78, 5) is 18.5. The Kier molecular flexibility index (Phi) is 19.7. The highest BCUT2D eigenvalue weighted by Crippen LogP contribution is 2.55. The number of likely N-dealkylation sites (N-methyl/N-ethyl adjacent to an activating group) is 1. The zero-order chi connectivity index (χ0) is 52.5. The molecule has 0 amide bonds. The summed E-state index contributed by atoms with van der Waals surface area (Å²) in [6.07, 6.45) is 2.92. The molecule has 0 unspecified atom stereocenters. The lowest BCUT2D eigenvalue weighted by Gasteiger charge is -2.36. The Bertz CT molecular complexity index is 2850. The normalized spacial score (nSPS) is 15.2. The van der Waals surface area contributed by atoms with E-state index in [0.717, 1.165) is 46.4 Å². The van der Waals surface area contributed by atoms with Crippen molar-refractivity contribution in [3.05, 3.63) is 143 Å². The number of hydrogen-bond donors (Lipinski definition) is 1. The molecule has 2 atom stereocenters. The minimum atomic E-state index is -4.25. The quantitative estimate of drug-likeness (QED) is 0.0375. The fourth-order valence-electron chi connectivity index (χ4n) is 8.67. The number of rotatable bonds is 23. The van der Waals surface area contributed by atoms with E-state index in [4.69, 9.17) is 25.2 Å². The second-order valence-corrected chi connectivity index (χ2v) is 27.6. The van der Waals surface area contributed by atoms with Crippen LogP contribution in [-0.4, -0.2) is 101 Å². The Hall–Kier alpha value is -3.86. The summed E-state index contributed by atoms with van der Waals surface area (Å²) in [6.45, 7) is 13.2. The highest BCUT2D eigenvalue weighted by atomic mass is 35.5. The number of ketones is 1. The van der Waals surface area contributed by atoms with Crippen molar-refractivity contribution in [3.63, 3.8) is 0 Å². The SMILES string of the molecule is CN(CCOP(=O)(OC(C)(C)C)OC(C)(C)C)CC[C@H](CSc1ccccc1)Cc1ccc(S(=O)(=O)CC(=O)c2ccc(N3CCC([C@@H](O)c4ccccc4-c4ccc(Cl)cc4)CC3)cc2)cc1S(C)(=O)=O. The van der Waals surface area contributed by atoms with Gasteiger partial charge in [-0.3, -0.25) is 18.4 Å². The number of benzene rings is 5. The third-order valence-electron chi connectivity index (χ3n) is 12.2. The van der Waals surface area contributed by atoms with Crippen molar-refractivity contribution in [1.82, 2.24) is 4.90 Å². The van der Waals surface area contributed by atoms with Gasteiger partial charge in [0.25, 0.3) is 0 Å². The number of carbonyl (C=O) groups is 1. The van der Waals surface area contributed by atoms with Crippen LogP contribution in [0.4, 0.5) is 5.69 Å². The molecule has 0 aliphatic carbocycles. The van der Waals surface area contributed by atoms with Crippen molar-refractivity contribution in [2.24, 2.45) is 11.8 Å². The summed E-state index contributed by atoms with van der Waals surface area (Å²) >= 11 is 7.79. The predicted molar refractivity (Wildman–Crippen MR) is 291 cm³/mol. The molecule has 5 aromatic rings. The Labute approximate surface area is 437 Å². The van der Waals surface area contributed by atoms with Gasteiger partial charge in [0.2, 0.25) is 0 Å². The van der Waals surface area contributed by atoms with Crippen molar-refractivity contribution in [1.29, 1.82) is 0 Å². The van der Waals surface area contributed by atoms with Gasteiger partial charge in [-0.05, 0) is 176 Å². The maximum atomic E-state index is 13.9. The number of halogens is 1. The molecule has 390 valence electrons. The first-order chi connectivity index (χ1) is 33.8. The summed E-state index contributed by atoms with van der Waals surface area (Å²) in [5.74, 6) is -0.775. The molecule has 17 heteroatoms. The summed E-state index contributed by atoms with van der Waals surface area (Å²) < 4.78 is 85.4. The molecule has 0 bridgehead atoms. The number of aliphatic hydroxyl groups is 1. The van der Waals surface area contributed by atoms with E-state index in [0.29, 0.717) is 55.4 Å². The molecule has 0 spiro atoms. The standard InChI is InChI=1S/C55H70ClN2O10PS3/c1-54(2,3)67-69(61,68-55(4,5)6)66-35-34-57(7)31-28-40(38-70-47-14-10-9-11-15-47)36-44-22-27-48(37-52(44)71(8,62)63)72(64,65)39-51(59)42-20-25-46(26-21-42)58-32-29-43(30-33-58)53(60)50-17-13-12-16-49(50)41-18-23-45(56)24-19-41/h9-27,37,40,43,53,60H,28-36,38-39H2,1-8H3/t40-,53+/m0/s1. The van der Waals surface area contributed by atoms with E-state index in [1.54, 1.807) is 71.5 Å². The first kappa shape index (κ1) is 57.4. The second-order valence-electron chi connectivity index (χ2n) is 20.6. The van der Waals surface area contributed by atoms with Gasteiger partial charge in [-0.1, -0.05) is 72.3 Å². The van der Waals surface area contributed by atoms with Crippen molar-refractivity contribution in [2.75, 3.05) is 62.5 Å². The van der Waals surface area contributed by atoms with Gasteiger partial charge in [0.05, 0.1) is 33.7 Å². The lowest BCUT2D eigenvalue weighted by atomic mass is 9.84. The van der Waals surface area contributed by atoms with Gasteiger partial charge in [0.1, 0.15) is 5.75 Å². The number of thioether (sulfide) groups is 1. The van der Waals surface area contributed by atoms with Crippen LogP contribution in [0.5, 0.6) is 0 Å². The number of phosphoric acid groups is 1. The van der Waals surface area contributed by atoms with Crippen LogP contribution < -0.4 is 4.90 Å². The number of nitrogens with zero attached hydrogens (tertiary/aromatic N) is 2. The fourth-order valence-corrected chi connectivity index (χ4v) is 13.9. The van der Waals surface area contributed by atoms with Crippen LogP contribution in [0.15, 0.2) is 136 Å². The van der Waals surface area contributed by atoms with Crippen molar-refractivity contribution < 1.29 is 44.9 Å². The summed E-state index contributed by atoms with van der Waals surface area (Å²) in [5.41, 5.74) is 2.91. The van der Waals surface area contributed by atoms with Gasteiger partial charge >= 0.3 is 7.82 Å². The summed E-state index contributed by atoms with van der Waals surface area (Å²) in [6, 6.07) is 36.4. The highest BCUT2D eigenvalue weighted by molar-refractivity contribution is 7.99. The molecule has 0 radical (unpaired) electrons. The van der Waals surface area contributed by atoms with E-state index in [2.05, 4.69) is 4.90 Å². The van der Waals surface area contributed by atoms with Crippen LogP contribution in [0.25, 0.3) is 11.1 Å². The van der Waals surface area contributed by atoms with Gasteiger partial charge in [-0.25, -0.2) is 21.4 Å². The zero-order valence-corrected chi connectivity index (χ0v) is 46.7. The number of anilines is 1. The number of aliphatic hydroxyl groups excluding tert-OH is 1. The molecule has 12 nitrogen and oxygen atoms in total. The Morgan fingerprint density at radius 2 is 1.44 bits per heavy atom. The van der Waals surface area contributed by atoms with Crippen LogP contribution in [0.2, 0.25) is 5.02 Å². The smallest absolute Gasteiger partial charge is 0.388 e. The van der Waals surface area contributed by atoms with Gasteiger partial charge < -0.3 is 14.9 Å². The molecule has 1 saturated heterocycles. The third kappa shape index (κ3) is 17.1. The number of piperidine rings is 1. The zero-order valence-electron chi connectivity index (χ0n) is 42.6. The van der Waals surface area contributed by atoms with E-state index < -0.39 is 56.3 Å². The summed E-state index contributed by atoms with van der Waals surface area (Å²) in [5, 5.41) is 12.2. The molecule has 1 fully saturated rings. The lowest BCUT2D eigenvalue weighted by molar-refractivity contribution is 0.00152. The average molecular weight is 1080 g/mol. The van der Waals surface area contributed by atoms with Gasteiger partial charge in [-0.15, -0.1) is 11.8 Å². The van der Waals surface area contributed by atoms with Crippen molar-refractivity contribution >= 4 is 62.3 Å². The Morgan fingerprint density at radius 3 is 2.06 bits per heavy atom. The molecule has 0 aromatic heterocycles. The molecule has 1 heterocycles. The first-order valence-corrected chi connectivity index (χ1v) is 30.6.